The standard InChI is InChI=1S/C21H21N3O2.2ClH/c1-14(22)19-8-5-16(21(25)24-17-9-11-23-12-10-17)13-20(19)15-3-6-18(26-2)7-4-15;;/h3-14H,22H2,1-2H3,(H,23,24,25);2*1H. The van der Waals surface area contributed by atoms with Crippen molar-refractivity contribution < 1.29 is 9.53 Å². The minimum absolute atomic E-state index is 0. The molecule has 0 spiro atoms. The quantitative estimate of drug-likeness (QED) is 0.617. The van der Waals surface area contributed by atoms with Crippen LogP contribution in [0, 0.1) is 0 Å². The smallest absolute Gasteiger partial charge is 0.255 e. The molecule has 0 aliphatic heterocycles. The average molecular weight is 420 g/mol. The lowest BCUT2D eigenvalue weighted by Crippen LogP contribution is -2.13. The number of methoxy groups -OCH3 is 1. The molecule has 0 saturated carbocycles. The molecule has 28 heavy (non-hydrogen) atoms. The maximum atomic E-state index is 12.6. The molecule has 0 fully saturated rings. The van der Waals surface area contributed by atoms with Gasteiger partial charge in [0.05, 0.1) is 7.11 Å². The van der Waals surface area contributed by atoms with E-state index in [4.69, 9.17) is 10.5 Å². The van der Waals surface area contributed by atoms with Crippen LogP contribution >= 0.6 is 24.8 Å². The molecular weight excluding hydrogens is 397 g/mol. The number of nitrogens with two attached hydrogens (primary N) is 1. The topological polar surface area (TPSA) is 77.2 Å². The fourth-order valence-corrected chi connectivity index (χ4v) is 2.75. The Morgan fingerprint density at radius 3 is 2.25 bits per heavy atom. The molecule has 1 aromatic heterocycles. The van der Waals surface area contributed by atoms with E-state index in [-0.39, 0.29) is 36.8 Å². The zero-order valence-electron chi connectivity index (χ0n) is 15.6. The van der Waals surface area contributed by atoms with E-state index in [0.717, 1.165) is 22.4 Å². The molecule has 3 rings (SSSR count). The number of nitrogens with zero attached hydrogens (tertiary/aromatic N) is 1. The molecule has 0 bridgehead atoms. The van der Waals surface area contributed by atoms with Gasteiger partial charge in [0.1, 0.15) is 5.75 Å². The van der Waals surface area contributed by atoms with Gasteiger partial charge in [-0.15, -0.1) is 24.8 Å². The van der Waals surface area contributed by atoms with Crippen molar-refractivity contribution in [2.24, 2.45) is 5.73 Å². The number of amides is 1. The van der Waals surface area contributed by atoms with Crippen LogP contribution in [0.25, 0.3) is 11.1 Å². The predicted molar refractivity (Wildman–Crippen MR) is 118 cm³/mol. The summed E-state index contributed by atoms with van der Waals surface area (Å²) in [6, 6.07) is 16.6. The number of anilines is 1. The first-order chi connectivity index (χ1) is 12.6. The molecule has 1 heterocycles. The van der Waals surface area contributed by atoms with E-state index in [1.54, 1.807) is 37.7 Å². The number of pyridine rings is 1. The number of halogens is 2. The minimum Gasteiger partial charge on any atom is -0.497 e. The summed E-state index contributed by atoms with van der Waals surface area (Å²) in [5.41, 5.74) is 10.3. The lowest BCUT2D eigenvalue weighted by Gasteiger charge is -2.15. The lowest BCUT2D eigenvalue weighted by molar-refractivity contribution is 0.102. The fourth-order valence-electron chi connectivity index (χ4n) is 2.75. The normalized spacial score (nSPS) is 10.8. The summed E-state index contributed by atoms with van der Waals surface area (Å²) in [5, 5.41) is 2.87. The van der Waals surface area contributed by atoms with Crippen molar-refractivity contribution in [3.05, 3.63) is 78.1 Å². The summed E-state index contributed by atoms with van der Waals surface area (Å²) >= 11 is 0. The number of carbonyl (C=O) groups is 1. The number of aromatic nitrogens is 1. The summed E-state index contributed by atoms with van der Waals surface area (Å²) in [7, 11) is 1.63. The van der Waals surface area contributed by atoms with Crippen molar-refractivity contribution in [3.63, 3.8) is 0 Å². The van der Waals surface area contributed by atoms with Crippen molar-refractivity contribution in [2.45, 2.75) is 13.0 Å². The minimum atomic E-state index is -0.179. The summed E-state index contributed by atoms with van der Waals surface area (Å²) in [6.45, 7) is 1.93. The van der Waals surface area contributed by atoms with Gasteiger partial charge >= 0.3 is 0 Å². The van der Waals surface area contributed by atoms with E-state index >= 15 is 0 Å². The first-order valence-corrected chi connectivity index (χ1v) is 8.34. The molecule has 148 valence electrons. The third-order valence-electron chi connectivity index (χ3n) is 4.15. The molecule has 3 N–H and O–H groups in total. The fraction of sp³-hybridized carbons (Fsp3) is 0.143. The Balaban J connectivity index is 0.00000196. The largest absolute Gasteiger partial charge is 0.497 e. The Bertz CT molecular complexity index is 901. The van der Waals surface area contributed by atoms with Gasteiger partial charge in [-0.25, -0.2) is 0 Å². The van der Waals surface area contributed by atoms with Crippen LogP contribution < -0.4 is 15.8 Å². The molecule has 7 heteroatoms. The molecule has 0 radical (unpaired) electrons. The summed E-state index contributed by atoms with van der Waals surface area (Å²) < 4.78 is 5.22. The average Bonchev–Trinajstić information content (AvgIpc) is 2.68. The van der Waals surface area contributed by atoms with Crippen molar-refractivity contribution in [2.75, 3.05) is 12.4 Å². The highest BCUT2D eigenvalue weighted by atomic mass is 35.5. The van der Waals surface area contributed by atoms with Crippen LogP contribution in [0.15, 0.2) is 67.0 Å². The van der Waals surface area contributed by atoms with E-state index in [1.807, 2.05) is 43.3 Å². The molecule has 1 amide bonds. The van der Waals surface area contributed by atoms with Crippen LogP contribution in [0.5, 0.6) is 5.75 Å². The van der Waals surface area contributed by atoms with E-state index in [0.29, 0.717) is 11.3 Å². The van der Waals surface area contributed by atoms with Crippen LogP contribution in [0.2, 0.25) is 0 Å². The third-order valence-corrected chi connectivity index (χ3v) is 4.15. The van der Waals surface area contributed by atoms with E-state index in [1.165, 1.54) is 0 Å². The molecule has 0 saturated heterocycles. The Morgan fingerprint density at radius 1 is 1.04 bits per heavy atom. The Morgan fingerprint density at radius 2 is 1.68 bits per heavy atom. The molecule has 2 aromatic carbocycles. The van der Waals surface area contributed by atoms with Gasteiger partial charge in [-0.3, -0.25) is 9.78 Å². The lowest BCUT2D eigenvalue weighted by atomic mass is 9.93. The molecule has 1 atom stereocenters. The van der Waals surface area contributed by atoms with Gasteiger partial charge in [0, 0.05) is 29.7 Å². The van der Waals surface area contributed by atoms with Gasteiger partial charge in [0.15, 0.2) is 0 Å². The first kappa shape index (κ1) is 23.4. The molecule has 3 aromatic rings. The number of hydrogen-bond acceptors (Lipinski definition) is 4. The van der Waals surface area contributed by atoms with Gasteiger partial charge in [0.2, 0.25) is 0 Å². The number of nitrogens with one attached hydrogen (secondary N) is 1. The molecule has 0 aliphatic carbocycles. The zero-order chi connectivity index (χ0) is 18.5. The van der Waals surface area contributed by atoms with Crippen LogP contribution in [0.1, 0.15) is 28.9 Å². The number of hydrogen-bond donors (Lipinski definition) is 2. The van der Waals surface area contributed by atoms with E-state index in [9.17, 15) is 4.79 Å². The molecule has 5 nitrogen and oxygen atoms in total. The van der Waals surface area contributed by atoms with E-state index < -0.39 is 0 Å². The van der Waals surface area contributed by atoms with Crippen LogP contribution in [0.3, 0.4) is 0 Å². The van der Waals surface area contributed by atoms with Gasteiger partial charge in [-0.05, 0) is 60.0 Å². The SMILES string of the molecule is COc1ccc(-c2cc(C(=O)Nc3ccncc3)ccc2C(C)N)cc1.Cl.Cl. The van der Waals surface area contributed by atoms with Crippen molar-refractivity contribution in [1.82, 2.24) is 4.98 Å². The Kier molecular flexibility index (Phi) is 8.92. The summed E-state index contributed by atoms with van der Waals surface area (Å²) in [4.78, 5) is 16.5. The van der Waals surface area contributed by atoms with Crippen molar-refractivity contribution >= 4 is 36.4 Å². The molecular formula is C21H23Cl2N3O2. The second kappa shape index (κ2) is 10.7. The highest BCUT2D eigenvalue weighted by Gasteiger charge is 2.14. The number of rotatable bonds is 5. The van der Waals surface area contributed by atoms with Crippen LogP contribution in [0.4, 0.5) is 5.69 Å². The highest BCUT2D eigenvalue weighted by Crippen LogP contribution is 2.30. The van der Waals surface area contributed by atoms with Crippen LogP contribution in [-0.4, -0.2) is 18.0 Å². The van der Waals surface area contributed by atoms with Gasteiger partial charge in [0.25, 0.3) is 5.91 Å². The summed E-state index contributed by atoms with van der Waals surface area (Å²) in [5.74, 6) is 0.602. The van der Waals surface area contributed by atoms with Crippen LogP contribution in [-0.2, 0) is 0 Å². The zero-order valence-corrected chi connectivity index (χ0v) is 17.2. The first-order valence-electron chi connectivity index (χ1n) is 8.34. The summed E-state index contributed by atoms with van der Waals surface area (Å²) in [6.07, 6.45) is 3.27. The Hall–Kier alpha value is -2.60. The maximum Gasteiger partial charge on any atom is 0.255 e. The monoisotopic (exact) mass is 419 g/mol. The second-order valence-corrected chi connectivity index (χ2v) is 6.01. The second-order valence-electron chi connectivity index (χ2n) is 6.01. The Labute approximate surface area is 177 Å². The molecule has 1 unspecified atom stereocenters. The van der Waals surface area contributed by atoms with Gasteiger partial charge < -0.3 is 15.8 Å². The van der Waals surface area contributed by atoms with Gasteiger partial charge in [-0.1, -0.05) is 18.2 Å². The number of carbonyl (C=O) groups excluding carboxylic acids is 1. The number of ether oxygens (including phenoxy) is 1. The van der Waals surface area contributed by atoms with Crippen molar-refractivity contribution in [3.8, 4) is 16.9 Å². The highest BCUT2D eigenvalue weighted by molar-refractivity contribution is 6.05. The van der Waals surface area contributed by atoms with Crippen molar-refractivity contribution in [1.29, 1.82) is 0 Å². The van der Waals surface area contributed by atoms with E-state index in [2.05, 4.69) is 10.3 Å². The third kappa shape index (κ3) is 5.45. The number of benzene rings is 2. The predicted octanol–water partition coefficient (Wildman–Crippen LogP) is 4.87. The van der Waals surface area contributed by atoms with Gasteiger partial charge in [-0.2, -0.15) is 0 Å². The maximum absolute atomic E-state index is 12.6. The molecule has 0 aliphatic rings.